The van der Waals surface area contributed by atoms with Crippen LogP contribution in [0.5, 0.6) is 0 Å². The number of benzene rings is 1. The second-order valence-electron chi connectivity index (χ2n) is 5.38. The van der Waals surface area contributed by atoms with Crippen LogP contribution >= 0.6 is 11.6 Å². The summed E-state index contributed by atoms with van der Waals surface area (Å²) in [5.74, 6) is -1.16. The first kappa shape index (κ1) is 17.7. The summed E-state index contributed by atoms with van der Waals surface area (Å²) in [5, 5.41) is 0.290. The number of methoxy groups -OCH3 is 2. The highest BCUT2D eigenvalue weighted by atomic mass is 35.5. The first-order valence-electron chi connectivity index (χ1n) is 7.31. The van der Waals surface area contributed by atoms with E-state index in [2.05, 4.69) is 0 Å². The van der Waals surface area contributed by atoms with Crippen LogP contribution in [0.2, 0.25) is 5.02 Å². The Morgan fingerprint density at radius 3 is 2.74 bits per heavy atom. The third-order valence-electron chi connectivity index (χ3n) is 4.04. The van der Waals surface area contributed by atoms with Gasteiger partial charge in [-0.25, -0.2) is 9.18 Å². The summed E-state index contributed by atoms with van der Waals surface area (Å²) in [6.45, 7) is 0.320. The molecular formula is C16H19ClFNO4. The van der Waals surface area contributed by atoms with Crippen LogP contribution in [0, 0.1) is 5.82 Å². The number of carbonyl (C=O) groups is 2. The summed E-state index contributed by atoms with van der Waals surface area (Å²) in [6, 6.07) is 3.74. The second-order valence-corrected chi connectivity index (χ2v) is 5.79. The molecule has 0 bridgehead atoms. The molecule has 1 aromatic carbocycles. The molecule has 0 spiro atoms. The third-order valence-corrected chi connectivity index (χ3v) is 4.39. The number of likely N-dealkylation sites (tertiary alicyclic amines) is 1. The third kappa shape index (κ3) is 4.00. The maximum Gasteiger partial charge on any atom is 0.328 e. The quantitative estimate of drug-likeness (QED) is 0.769. The van der Waals surface area contributed by atoms with Crippen molar-refractivity contribution in [3.63, 3.8) is 0 Å². The monoisotopic (exact) mass is 343 g/mol. The van der Waals surface area contributed by atoms with E-state index < -0.39 is 17.8 Å². The molecule has 7 heteroatoms. The van der Waals surface area contributed by atoms with Gasteiger partial charge in [-0.2, -0.15) is 0 Å². The minimum Gasteiger partial charge on any atom is -0.467 e. The van der Waals surface area contributed by atoms with E-state index in [1.54, 1.807) is 6.07 Å². The fraction of sp³-hybridized carbons (Fsp3) is 0.500. The lowest BCUT2D eigenvalue weighted by atomic mass is 10.1. The molecule has 1 saturated heterocycles. The first-order valence-corrected chi connectivity index (χ1v) is 7.68. The average Bonchev–Trinajstić information content (AvgIpc) is 2.98. The summed E-state index contributed by atoms with van der Waals surface area (Å²) < 4.78 is 23.7. The van der Waals surface area contributed by atoms with E-state index in [0.29, 0.717) is 23.6 Å². The van der Waals surface area contributed by atoms with E-state index in [9.17, 15) is 14.0 Å². The highest BCUT2D eigenvalue weighted by molar-refractivity contribution is 6.31. The number of ether oxygens (including phenoxy) is 2. The number of hydrogen-bond acceptors (Lipinski definition) is 4. The van der Waals surface area contributed by atoms with Crippen molar-refractivity contribution >= 4 is 23.5 Å². The standard InChI is InChI=1S/C16H19ClFNO4/c1-22-10-8-14(16(21)23-2)19(9-10)15(20)7-6-11-12(17)4-3-5-13(11)18/h3-5,10,14H,6-9H2,1-2H3/t10-,14+/m0/s1. The van der Waals surface area contributed by atoms with Crippen molar-refractivity contribution in [1.29, 1.82) is 0 Å². The van der Waals surface area contributed by atoms with Crippen molar-refractivity contribution in [3.05, 3.63) is 34.6 Å². The summed E-state index contributed by atoms with van der Waals surface area (Å²) in [5.41, 5.74) is 0.305. The highest BCUT2D eigenvalue weighted by Crippen LogP contribution is 2.24. The molecule has 0 saturated carbocycles. The predicted octanol–water partition coefficient (Wildman–Crippen LogP) is 2.20. The van der Waals surface area contributed by atoms with Crippen molar-refractivity contribution in [2.24, 2.45) is 0 Å². The lowest BCUT2D eigenvalue weighted by Crippen LogP contribution is -2.41. The number of rotatable bonds is 5. The molecule has 1 fully saturated rings. The van der Waals surface area contributed by atoms with Gasteiger partial charge < -0.3 is 14.4 Å². The molecule has 126 valence electrons. The van der Waals surface area contributed by atoms with E-state index in [4.69, 9.17) is 21.1 Å². The molecule has 0 N–H and O–H groups in total. The van der Waals surface area contributed by atoms with Crippen molar-refractivity contribution in [1.82, 2.24) is 4.90 Å². The van der Waals surface area contributed by atoms with Crippen molar-refractivity contribution in [2.75, 3.05) is 20.8 Å². The summed E-state index contributed by atoms with van der Waals surface area (Å²) in [4.78, 5) is 25.7. The summed E-state index contributed by atoms with van der Waals surface area (Å²) in [7, 11) is 2.82. The normalized spacial score (nSPS) is 20.6. The van der Waals surface area contributed by atoms with Crippen molar-refractivity contribution in [3.8, 4) is 0 Å². The fourth-order valence-corrected chi connectivity index (χ4v) is 3.01. The first-order chi connectivity index (χ1) is 11.0. The van der Waals surface area contributed by atoms with E-state index in [1.807, 2.05) is 0 Å². The Hall–Kier alpha value is -1.66. The number of esters is 1. The van der Waals surface area contributed by atoms with E-state index in [-0.39, 0.29) is 24.9 Å². The Morgan fingerprint density at radius 2 is 2.13 bits per heavy atom. The molecule has 1 aromatic rings. The maximum absolute atomic E-state index is 13.8. The maximum atomic E-state index is 13.8. The molecule has 0 radical (unpaired) electrons. The lowest BCUT2D eigenvalue weighted by Gasteiger charge is -2.22. The predicted molar refractivity (Wildman–Crippen MR) is 82.7 cm³/mol. The Kier molecular flexibility index (Phi) is 5.96. The molecule has 5 nitrogen and oxygen atoms in total. The van der Waals surface area contributed by atoms with Crippen LogP contribution < -0.4 is 0 Å². The van der Waals surface area contributed by atoms with Crippen LogP contribution in [-0.4, -0.2) is 49.7 Å². The number of amides is 1. The van der Waals surface area contributed by atoms with Gasteiger partial charge in [0.25, 0.3) is 0 Å². The zero-order valence-corrected chi connectivity index (χ0v) is 13.8. The van der Waals surface area contributed by atoms with Gasteiger partial charge in [-0.1, -0.05) is 17.7 Å². The van der Waals surface area contributed by atoms with Crippen LogP contribution in [0.15, 0.2) is 18.2 Å². The zero-order valence-electron chi connectivity index (χ0n) is 13.1. The lowest BCUT2D eigenvalue weighted by molar-refractivity contribution is -0.150. The van der Waals surface area contributed by atoms with Crippen molar-refractivity contribution in [2.45, 2.75) is 31.4 Å². The molecule has 2 atom stereocenters. The van der Waals surface area contributed by atoms with Crippen LogP contribution in [0.4, 0.5) is 4.39 Å². The van der Waals surface area contributed by atoms with Crippen LogP contribution in [0.1, 0.15) is 18.4 Å². The number of nitrogens with zero attached hydrogens (tertiary/aromatic N) is 1. The van der Waals surface area contributed by atoms with Gasteiger partial charge in [-0.05, 0) is 18.6 Å². The molecule has 0 aliphatic carbocycles. The molecule has 0 aromatic heterocycles. The average molecular weight is 344 g/mol. The summed E-state index contributed by atoms with van der Waals surface area (Å²) >= 11 is 5.96. The zero-order chi connectivity index (χ0) is 17.0. The Labute approximate surface area is 139 Å². The van der Waals surface area contributed by atoms with E-state index in [1.165, 1.54) is 31.3 Å². The van der Waals surface area contributed by atoms with Gasteiger partial charge in [-0.15, -0.1) is 0 Å². The molecule has 1 amide bonds. The van der Waals surface area contributed by atoms with Gasteiger partial charge in [0.2, 0.25) is 5.91 Å². The number of halogens is 2. The van der Waals surface area contributed by atoms with Crippen LogP contribution in [0.25, 0.3) is 0 Å². The molecular weight excluding hydrogens is 325 g/mol. The fourth-order valence-electron chi connectivity index (χ4n) is 2.75. The van der Waals surface area contributed by atoms with E-state index in [0.717, 1.165) is 0 Å². The Morgan fingerprint density at radius 1 is 1.39 bits per heavy atom. The summed E-state index contributed by atoms with van der Waals surface area (Å²) in [6.07, 6.45) is 0.423. The Bertz CT molecular complexity index is 575. The molecule has 23 heavy (non-hydrogen) atoms. The van der Waals surface area contributed by atoms with Crippen LogP contribution in [-0.2, 0) is 25.5 Å². The van der Waals surface area contributed by atoms with Gasteiger partial charge in [0.1, 0.15) is 11.9 Å². The van der Waals surface area contributed by atoms with Gasteiger partial charge in [-0.3, -0.25) is 4.79 Å². The van der Waals surface area contributed by atoms with Gasteiger partial charge in [0.15, 0.2) is 0 Å². The topological polar surface area (TPSA) is 55.8 Å². The largest absolute Gasteiger partial charge is 0.467 e. The SMILES string of the molecule is COC(=O)[C@H]1C[C@H](OC)CN1C(=O)CCc1c(F)cccc1Cl. The minimum atomic E-state index is -0.659. The number of hydrogen-bond donors (Lipinski definition) is 0. The van der Waals surface area contributed by atoms with E-state index >= 15 is 0 Å². The van der Waals surface area contributed by atoms with Gasteiger partial charge in [0, 0.05) is 37.1 Å². The second kappa shape index (κ2) is 7.75. The van der Waals surface area contributed by atoms with Crippen molar-refractivity contribution < 1.29 is 23.5 Å². The highest BCUT2D eigenvalue weighted by Gasteiger charge is 2.40. The molecule has 2 rings (SSSR count). The number of carbonyl (C=O) groups excluding carboxylic acids is 2. The van der Waals surface area contributed by atoms with Gasteiger partial charge in [0.05, 0.1) is 13.2 Å². The molecule has 1 aliphatic heterocycles. The molecule has 0 unspecified atom stereocenters. The smallest absolute Gasteiger partial charge is 0.328 e. The van der Waals surface area contributed by atoms with Gasteiger partial charge >= 0.3 is 5.97 Å². The Balaban J connectivity index is 2.05. The van der Waals surface area contributed by atoms with Crippen LogP contribution in [0.3, 0.4) is 0 Å². The molecule has 1 aliphatic rings. The molecule has 1 heterocycles. The minimum absolute atomic E-state index is 0.0601.